The van der Waals surface area contributed by atoms with Crippen molar-refractivity contribution in [3.63, 3.8) is 0 Å². The molecule has 1 aromatic carbocycles. The molecule has 1 aliphatic rings. The zero-order valence-corrected chi connectivity index (χ0v) is 8.91. The Morgan fingerprint density at radius 3 is 2.75 bits per heavy atom. The molecule has 1 fully saturated rings. The average molecular weight is 274 g/mol. The van der Waals surface area contributed by atoms with Gasteiger partial charge in [-0.3, -0.25) is 0 Å². The highest BCUT2D eigenvalue weighted by Gasteiger charge is 2.21. The summed E-state index contributed by atoms with van der Waals surface area (Å²) in [6.07, 6.45) is 3.96. The first-order chi connectivity index (χ1) is 5.75. The number of halogens is 1. The number of hydrogen-bond donors (Lipinski definition) is 1. The zero-order chi connectivity index (χ0) is 8.55. The maximum absolute atomic E-state index is 9.29. The summed E-state index contributed by atoms with van der Waals surface area (Å²) in [4.78, 5) is 0. The Morgan fingerprint density at radius 2 is 2.17 bits per heavy atom. The molecule has 1 aliphatic carbocycles. The summed E-state index contributed by atoms with van der Waals surface area (Å²) >= 11 is 2.17. The summed E-state index contributed by atoms with van der Waals surface area (Å²) in [5.41, 5.74) is 1.36. The first-order valence-electron chi connectivity index (χ1n) is 4.23. The largest absolute Gasteiger partial charge is 0.507 e. The van der Waals surface area contributed by atoms with Gasteiger partial charge in [0.25, 0.3) is 0 Å². The fourth-order valence-corrected chi connectivity index (χ4v) is 1.91. The summed E-state index contributed by atoms with van der Waals surface area (Å²) in [5, 5.41) is 9.29. The van der Waals surface area contributed by atoms with E-state index in [4.69, 9.17) is 0 Å². The van der Waals surface area contributed by atoms with Crippen molar-refractivity contribution in [1.29, 1.82) is 0 Å². The lowest BCUT2D eigenvalue weighted by Gasteiger charge is -2.01. The average Bonchev–Trinajstić information content (AvgIpc) is 2.81. The lowest BCUT2D eigenvalue weighted by Crippen LogP contribution is -1.87. The molecule has 2 heteroatoms. The van der Waals surface area contributed by atoms with E-state index < -0.39 is 0 Å². The van der Waals surface area contributed by atoms with Gasteiger partial charge >= 0.3 is 0 Å². The Kier molecular flexibility index (Phi) is 2.26. The second kappa shape index (κ2) is 3.24. The maximum Gasteiger partial charge on any atom is 0.128 e. The number of phenolic OH excluding ortho intramolecular Hbond substituents is 1. The Hall–Kier alpha value is -0.250. The van der Waals surface area contributed by atoms with Crippen LogP contribution < -0.4 is 0 Å². The highest BCUT2D eigenvalue weighted by molar-refractivity contribution is 14.1. The van der Waals surface area contributed by atoms with E-state index in [1.807, 2.05) is 6.07 Å². The topological polar surface area (TPSA) is 20.2 Å². The molecule has 0 saturated heterocycles. The van der Waals surface area contributed by atoms with Crippen molar-refractivity contribution in [1.82, 2.24) is 0 Å². The minimum atomic E-state index is 0.398. The Balaban J connectivity index is 2.15. The molecule has 0 bridgehead atoms. The maximum atomic E-state index is 9.29. The van der Waals surface area contributed by atoms with Crippen LogP contribution in [-0.4, -0.2) is 5.11 Å². The predicted molar refractivity (Wildman–Crippen MR) is 57.3 cm³/mol. The molecular formula is C10H11IO. The minimum Gasteiger partial charge on any atom is -0.507 e. The molecule has 2 rings (SSSR count). The monoisotopic (exact) mass is 274 g/mol. The highest BCUT2D eigenvalue weighted by atomic mass is 127. The van der Waals surface area contributed by atoms with Crippen LogP contribution in [-0.2, 0) is 6.42 Å². The molecule has 0 aromatic heterocycles. The highest BCUT2D eigenvalue weighted by Crippen LogP contribution is 2.33. The molecule has 1 N–H and O–H groups in total. The molecule has 0 atom stereocenters. The van der Waals surface area contributed by atoms with E-state index in [9.17, 15) is 5.11 Å². The first-order valence-corrected chi connectivity index (χ1v) is 5.31. The third kappa shape index (κ3) is 1.91. The Bertz CT molecular complexity index is 292. The van der Waals surface area contributed by atoms with Gasteiger partial charge in [-0.25, -0.2) is 0 Å². The molecule has 0 amide bonds. The molecule has 1 nitrogen and oxygen atoms in total. The number of rotatable bonds is 2. The van der Waals surface area contributed by atoms with Gasteiger partial charge in [-0.05, 0) is 65.5 Å². The smallest absolute Gasteiger partial charge is 0.128 e. The lowest BCUT2D eigenvalue weighted by molar-refractivity contribution is 0.471. The predicted octanol–water partition coefficient (Wildman–Crippen LogP) is 2.95. The van der Waals surface area contributed by atoms with Crippen molar-refractivity contribution in [3.05, 3.63) is 27.3 Å². The van der Waals surface area contributed by atoms with Gasteiger partial charge < -0.3 is 5.11 Å². The van der Waals surface area contributed by atoms with Gasteiger partial charge in [0, 0.05) is 0 Å². The molecule has 0 aliphatic heterocycles. The normalized spacial score (nSPS) is 16.4. The van der Waals surface area contributed by atoms with Gasteiger partial charge in [0.15, 0.2) is 0 Å². The van der Waals surface area contributed by atoms with Crippen LogP contribution in [0.1, 0.15) is 18.4 Å². The van der Waals surface area contributed by atoms with Gasteiger partial charge in [-0.15, -0.1) is 0 Å². The van der Waals surface area contributed by atoms with E-state index in [-0.39, 0.29) is 0 Å². The summed E-state index contributed by atoms with van der Waals surface area (Å²) in [6, 6.07) is 5.89. The molecule has 12 heavy (non-hydrogen) atoms. The van der Waals surface area contributed by atoms with E-state index in [0.717, 1.165) is 9.49 Å². The molecule has 0 spiro atoms. The van der Waals surface area contributed by atoms with E-state index in [1.54, 1.807) is 6.07 Å². The van der Waals surface area contributed by atoms with Gasteiger partial charge in [0.1, 0.15) is 5.75 Å². The second-order valence-electron chi connectivity index (χ2n) is 3.43. The van der Waals surface area contributed by atoms with E-state index in [1.165, 1.54) is 24.8 Å². The summed E-state index contributed by atoms with van der Waals surface area (Å²) < 4.78 is 0.964. The summed E-state index contributed by atoms with van der Waals surface area (Å²) in [7, 11) is 0. The molecule has 0 radical (unpaired) electrons. The fourth-order valence-electron chi connectivity index (χ4n) is 1.33. The third-order valence-electron chi connectivity index (χ3n) is 2.23. The Morgan fingerprint density at radius 1 is 1.42 bits per heavy atom. The van der Waals surface area contributed by atoms with E-state index >= 15 is 0 Å². The van der Waals surface area contributed by atoms with Crippen LogP contribution in [0.4, 0.5) is 0 Å². The van der Waals surface area contributed by atoms with Crippen molar-refractivity contribution in [2.45, 2.75) is 19.3 Å². The van der Waals surface area contributed by atoms with Crippen LogP contribution >= 0.6 is 22.6 Å². The SMILES string of the molecule is Oc1ccc(CC2CC2)cc1I. The zero-order valence-electron chi connectivity index (χ0n) is 6.76. The van der Waals surface area contributed by atoms with Crippen molar-refractivity contribution < 1.29 is 5.11 Å². The lowest BCUT2D eigenvalue weighted by atomic mass is 10.1. The molecule has 0 heterocycles. The van der Waals surface area contributed by atoms with Gasteiger partial charge in [0.2, 0.25) is 0 Å². The summed E-state index contributed by atoms with van der Waals surface area (Å²) in [6.45, 7) is 0. The molecular weight excluding hydrogens is 263 g/mol. The summed E-state index contributed by atoms with van der Waals surface area (Å²) in [5.74, 6) is 1.32. The van der Waals surface area contributed by atoms with Crippen molar-refractivity contribution in [2.24, 2.45) is 5.92 Å². The molecule has 64 valence electrons. The second-order valence-corrected chi connectivity index (χ2v) is 4.60. The van der Waals surface area contributed by atoms with Crippen molar-refractivity contribution in [2.75, 3.05) is 0 Å². The standard InChI is InChI=1S/C10H11IO/c11-9-6-8(3-4-10(9)12)5-7-1-2-7/h3-4,6-7,12H,1-2,5H2. The van der Waals surface area contributed by atoms with E-state index in [0.29, 0.717) is 5.75 Å². The van der Waals surface area contributed by atoms with Gasteiger partial charge in [-0.2, -0.15) is 0 Å². The van der Waals surface area contributed by atoms with Gasteiger partial charge in [-0.1, -0.05) is 6.07 Å². The minimum absolute atomic E-state index is 0.398. The molecule has 1 aromatic rings. The van der Waals surface area contributed by atoms with Crippen molar-refractivity contribution >= 4 is 22.6 Å². The molecule has 0 unspecified atom stereocenters. The number of aromatic hydroxyl groups is 1. The quantitative estimate of drug-likeness (QED) is 0.822. The number of benzene rings is 1. The molecule has 1 saturated carbocycles. The van der Waals surface area contributed by atoms with Crippen LogP contribution in [0.25, 0.3) is 0 Å². The number of hydrogen-bond acceptors (Lipinski definition) is 1. The van der Waals surface area contributed by atoms with Crippen LogP contribution in [0.15, 0.2) is 18.2 Å². The third-order valence-corrected chi connectivity index (χ3v) is 3.10. The fraction of sp³-hybridized carbons (Fsp3) is 0.400. The van der Waals surface area contributed by atoms with E-state index in [2.05, 4.69) is 28.7 Å². The first kappa shape index (κ1) is 8.35. The van der Waals surface area contributed by atoms with Crippen LogP contribution in [0.2, 0.25) is 0 Å². The van der Waals surface area contributed by atoms with Crippen LogP contribution in [0.3, 0.4) is 0 Å². The van der Waals surface area contributed by atoms with Gasteiger partial charge in [0.05, 0.1) is 3.57 Å². The number of phenols is 1. The Labute approximate surface area is 85.9 Å². The van der Waals surface area contributed by atoms with Crippen LogP contribution in [0, 0.1) is 9.49 Å². The van der Waals surface area contributed by atoms with Crippen molar-refractivity contribution in [3.8, 4) is 5.75 Å². The van der Waals surface area contributed by atoms with Crippen LogP contribution in [0.5, 0.6) is 5.75 Å².